The van der Waals surface area contributed by atoms with Gasteiger partial charge in [0.05, 0.1) is 18.3 Å². The molecule has 1 heterocycles. The van der Waals surface area contributed by atoms with E-state index >= 15 is 0 Å². The summed E-state index contributed by atoms with van der Waals surface area (Å²) in [4.78, 5) is 2.14. The molecule has 1 aliphatic rings. The molecule has 3 atom stereocenters. The summed E-state index contributed by atoms with van der Waals surface area (Å²) in [5.74, 6) is 0. The summed E-state index contributed by atoms with van der Waals surface area (Å²) in [7, 11) is 3.37. The van der Waals surface area contributed by atoms with E-state index in [0.717, 1.165) is 18.7 Å². The highest BCUT2D eigenvalue weighted by Gasteiger charge is 2.33. The van der Waals surface area contributed by atoms with E-state index in [1.807, 2.05) is 18.2 Å². The SMILES string of the molecule is COC1CN(CC(O)c2ccccc2N)CC1OC. The molecule has 0 aliphatic carbocycles. The van der Waals surface area contributed by atoms with Crippen molar-refractivity contribution in [2.45, 2.75) is 18.3 Å². The van der Waals surface area contributed by atoms with E-state index < -0.39 is 6.10 Å². The molecule has 2 rings (SSSR count). The van der Waals surface area contributed by atoms with Crippen molar-refractivity contribution in [1.82, 2.24) is 4.90 Å². The number of aliphatic hydroxyl groups excluding tert-OH is 1. The van der Waals surface area contributed by atoms with Gasteiger partial charge in [-0.2, -0.15) is 0 Å². The topological polar surface area (TPSA) is 68.0 Å². The molecule has 5 heteroatoms. The summed E-state index contributed by atoms with van der Waals surface area (Å²) in [6.07, 6.45) is -0.468. The van der Waals surface area contributed by atoms with E-state index in [9.17, 15) is 5.11 Å². The van der Waals surface area contributed by atoms with E-state index in [0.29, 0.717) is 12.2 Å². The lowest BCUT2D eigenvalue weighted by atomic mass is 10.1. The molecule has 1 aromatic carbocycles. The van der Waals surface area contributed by atoms with Crippen LogP contribution in [-0.4, -0.2) is 56.1 Å². The van der Waals surface area contributed by atoms with Crippen molar-refractivity contribution in [1.29, 1.82) is 0 Å². The summed E-state index contributed by atoms with van der Waals surface area (Å²) >= 11 is 0. The highest BCUT2D eigenvalue weighted by atomic mass is 16.5. The molecule has 0 amide bonds. The number of β-amino-alcohol motifs (C(OH)–C–C–N with tert-alkyl or cyclic N) is 1. The first-order valence-electron chi connectivity index (χ1n) is 6.46. The van der Waals surface area contributed by atoms with Crippen LogP contribution in [0.4, 0.5) is 5.69 Å². The van der Waals surface area contributed by atoms with Crippen molar-refractivity contribution in [2.24, 2.45) is 0 Å². The largest absolute Gasteiger partial charge is 0.398 e. The van der Waals surface area contributed by atoms with Crippen LogP contribution in [0.5, 0.6) is 0 Å². The Labute approximate surface area is 113 Å². The maximum atomic E-state index is 10.3. The Morgan fingerprint density at radius 1 is 1.26 bits per heavy atom. The van der Waals surface area contributed by atoms with Gasteiger partial charge in [0.15, 0.2) is 0 Å². The molecule has 1 fully saturated rings. The smallest absolute Gasteiger partial charge is 0.0971 e. The van der Waals surface area contributed by atoms with Gasteiger partial charge >= 0.3 is 0 Å². The minimum absolute atomic E-state index is 0.0605. The van der Waals surface area contributed by atoms with Crippen LogP contribution >= 0.6 is 0 Å². The fraction of sp³-hybridized carbons (Fsp3) is 0.571. The number of hydrogen-bond donors (Lipinski definition) is 2. The van der Waals surface area contributed by atoms with Crippen LogP contribution in [-0.2, 0) is 9.47 Å². The highest BCUT2D eigenvalue weighted by Crippen LogP contribution is 2.23. The fourth-order valence-corrected chi connectivity index (χ4v) is 2.58. The molecule has 3 unspecified atom stereocenters. The molecule has 1 saturated heterocycles. The van der Waals surface area contributed by atoms with Crippen molar-refractivity contribution in [3.05, 3.63) is 29.8 Å². The van der Waals surface area contributed by atoms with E-state index in [-0.39, 0.29) is 12.2 Å². The quantitative estimate of drug-likeness (QED) is 0.766. The second-order valence-electron chi connectivity index (χ2n) is 4.91. The Kier molecular flexibility index (Phi) is 4.76. The van der Waals surface area contributed by atoms with E-state index in [1.165, 1.54) is 0 Å². The zero-order chi connectivity index (χ0) is 13.8. The van der Waals surface area contributed by atoms with Gasteiger partial charge in [-0.15, -0.1) is 0 Å². The molecule has 3 N–H and O–H groups in total. The molecule has 106 valence electrons. The minimum Gasteiger partial charge on any atom is -0.398 e. The maximum Gasteiger partial charge on any atom is 0.0971 e. The number of para-hydroxylation sites is 1. The van der Waals surface area contributed by atoms with Crippen LogP contribution in [0.25, 0.3) is 0 Å². The number of benzene rings is 1. The predicted octanol–water partition coefficient (Wildman–Crippen LogP) is 0.648. The average Bonchev–Trinajstić information content (AvgIpc) is 2.81. The zero-order valence-electron chi connectivity index (χ0n) is 11.5. The molecule has 0 radical (unpaired) electrons. The molecule has 5 nitrogen and oxygen atoms in total. The molecule has 0 spiro atoms. The molecule has 1 aliphatic heterocycles. The summed E-state index contributed by atoms with van der Waals surface area (Å²) in [6, 6.07) is 7.41. The lowest BCUT2D eigenvalue weighted by molar-refractivity contribution is -0.00461. The van der Waals surface area contributed by atoms with Crippen molar-refractivity contribution >= 4 is 5.69 Å². The highest BCUT2D eigenvalue weighted by molar-refractivity contribution is 5.47. The molecule has 19 heavy (non-hydrogen) atoms. The number of nitrogens with two attached hydrogens (primary N) is 1. The van der Waals surface area contributed by atoms with Gasteiger partial charge in [-0.1, -0.05) is 18.2 Å². The van der Waals surface area contributed by atoms with E-state index in [1.54, 1.807) is 20.3 Å². The van der Waals surface area contributed by atoms with Gasteiger partial charge in [0.1, 0.15) is 0 Å². The summed E-state index contributed by atoms with van der Waals surface area (Å²) in [6.45, 7) is 2.06. The minimum atomic E-state index is -0.589. The second-order valence-corrected chi connectivity index (χ2v) is 4.91. The number of methoxy groups -OCH3 is 2. The second kappa shape index (κ2) is 6.34. The number of nitrogens with zero attached hydrogens (tertiary/aromatic N) is 1. The van der Waals surface area contributed by atoms with Gasteiger partial charge in [0, 0.05) is 45.1 Å². The third-order valence-corrected chi connectivity index (χ3v) is 3.68. The van der Waals surface area contributed by atoms with Gasteiger partial charge in [-0.05, 0) is 6.07 Å². The molecular formula is C14H22N2O3. The van der Waals surface area contributed by atoms with E-state index in [4.69, 9.17) is 15.2 Å². The van der Waals surface area contributed by atoms with Crippen LogP contribution in [0.3, 0.4) is 0 Å². The van der Waals surface area contributed by atoms with Gasteiger partial charge in [0.2, 0.25) is 0 Å². The van der Waals surface area contributed by atoms with Crippen molar-refractivity contribution in [3.8, 4) is 0 Å². The summed E-state index contributed by atoms with van der Waals surface area (Å²) < 4.78 is 10.8. The molecule has 0 saturated carbocycles. The Morgan fingerprint density at radius 2 is 1.84 bits per heavy atom. The first kappa shape index (κ1) is 14.3. The average molecular weight is 266 g/mol. The number of likely N-dealkylation sites (tertiary alicyclic amines) is 1. The Hall–Kier alpha value is -1.14. The third-order valence-electron chi connectivity index (χ3n) is 3.68. The van der Waals surface area contributed by atoms with Crippen LogP contribution in [0.2, 0.25) is 0 Å². The molecule has 0 bridgehead atoms. The van der Waals surface area contributed by atoms with Gasteiger partial charge in [0.25, 0.3) is 0 Å². The fourth-order valence-electron chi connectivity index (χ4n) is 2.58. The number of rotatable bonds is 5. The van der Waals surface area contributed by atoms with Gasteiger partial charge in [-0.3, -0.25) is 4.90 Å². The first-order chi connectivity index (χ1) is 9.15. The number of aliphatic hydroxyl groups is 1. The van der Waals surface area contributed by atoms with Crippen molar-refractivity contribution < 1.29 is 14.6 Å². The van der Waals surface area contributed by atoms with Crippen LogP contribution in [0.1, 0.15) is 11.7 Å². The van der Waals surface area contributed by atoms with E-state index in [2.05, 4.69) is 4.90 Å². The van der Waals surface area contributed by atoms with Crippen LogP contribution < -0.4 is 5.73 Å². The van der Waals surface area contributed by atoms with Gasteiger partial charge < -0.3 is 20.3 Å². The lowest BCUT2D eigenvalue weighted by Gasteiger charge is -2.20. The number of anilines is 1. The van der Waals surface area contributed by atoms with Gasteiger partial charge in [-0.25, -0.2) is 0 Å². The Morgan fingerprint density at radius 3 is 2.37 bits per heavy atom. The van der Waals surface area contributed by atoms with Crippen LogP contribution in [0.15, 0.2) is 24.3 Å². The number of hydrogen-bond acceptors (Lipinski definition) is 5. The summed E-state index contributed by atoms with van der Waals surface area (Å²) in [5.41, 5.74) is 7.28. The molecular weight excluding hydrogens is 244 g/mol. The Balaban J connectivity index is 1.97. The van der Waals surface area contributed by atoms with Crippen molar-refractivity contribution in [2.75, 3.05) is 39.6 Å². The zero-order valence-corrected chi connectivity index (χ0v) is 11.5. The van der Waals surface area contributed by atoms with Crippen molar-refractivity contribution in [3.63, 3.8) is 0 Å². The monoisotopic (exact) mass is 266 g/mol. The summed E-state index contributed by atoms with van der Waals surface area (Å²) in [5, 5.41) is 10.3. The lowest BCUT2D eigenvalue weighted by Crippen LogP contribution is -2.28. The number of ether oxygens (including phenoxy) is 2. The standard InChI is InChI=1S/C14H22N2O3/c1-18-13-8-16(9-14(13)19-2)7-12(17)10-5-3-4-6-11(10)15/h3-6,12-14,17H,7-9,15H2,1-2H3. The molecule has 0 aromatic heterocycles. The Bertz CT molecular complexity index is 401. The number of nitrogen functional groups attached to an aromatic ring is 1. The molecule has 1 aromatic rings. The predicted molar refractivity (Wildman–Crippen MR) is 73.8 cm³/mol. The third kappa shape index (κ3) is 3.25. The first-order valence-corrected chi connectivity index (χ1v) is 6.46. The normalized spacial score (nSPS) is 25.6. The maximum absolute atomic E-state index is 10.3. The van der Waals surface area contributed by atoms with Crippen LogP contribution in [0, 0.1) is 0 Å².